The Hall–Kier alpha value is -1.57. The smallest absolute Gasteiger partial charge is 0.338 e. The predicted octanol–water partition coefficient (Wildman–Crippen LogP) is 1.27. The number of nitrogens with two attached hydrogens (primary N) is 1. The van der Waals surface area contributed by atoms with Gasteiger partial charge in [0.15, 0.2) is 5.76 Å². The summed E-state index contributed by atoms with van der Waals surface area (Å²) < 4.78 is 15.9. The number of ether oxygens (including phenoxy) is 2. The summed E-state index contributed by atoms with van der Waals surface area (Å²) in [4.78, 5) is 10.6. The first kappa shape index (κ1) is 14.5. The minimum Gasteiger partial charge on any atom is -0.461 e. The van der Waals surface area contributed by atoms with Crippen molar-refractivity contribution in [2.24, 2.45) is 5.73 Å². The molecular weight excluding hydrogens is 240 g/mol. The predicted molar refractivity (Wildman–Crippen MR) is 61.9 cm³/mol. The third kappa shape index (κ3) is 4.02. The van der Waals surface area contributed by atoms with Crippen LogP contribution in [0.3, 0.4) is 0 Å². The van der Waals surface area contributed by atoms with E-state index in [1.54, 1.807) is 12.1 Å². The molecule has 7 nitrogen and oxygen atoms in total. The lowest BCUT2D eigenvalue weighted by Crippen LogP contribution is -2.34. The molecule has 1 aromatic heterocycles. The van der Waals surface area contributed by atoms with Gasteiger partial charge in [0.1, 0.15) is 5.76 Å². The van der Waals surface area contributed by atoms with Crippen LogP contribution in [0.4, 0.5) is 4.79 Å². The zero-order valence-electron chi connectivity index (χ0n) is 10.5. The van der Waals surface area contributed by atoms with Crippen LogP contribution >= 0.6 is 0 Å². The fourth-order valence-electron chi connectivity index (χ4n) is 1.40. The molecule has 0 aliphatic carbocycles. The molecule has 0 saturated heterocycles. The average molecular weight is 258 g/mol. The number of methoxy groups -OCH3 is 1. The summed E-state index contributed by atoms with van der Waals surface area (Å²) in [5.41, 5.74) is 4.88. The van der Waals surface area contributed by atoms with E-state index in [2.05, 4.69) is 0 Å². The van der Waals surface area contributed by atoms with Crippen molar-refractivity contribution < 1.29 is 23.9 Å². The van der Waals surface area contributed by atoms with Crippen molar-refractivity contribution in [2.45, 2.75) is 19.6 Å². The fourth-order valence-corrected chi connectivity index (χ4v) is 1.40. The Morgan fingerprint density at radius 3 is 2.89 bits per heavy atom. The van der Waals surface area contributed by atoms with Gasteiger partial charge in [-0.3, -0.25) is 5.21 Å². The Balaban J connectivity index is 2.54. The van der Waals surface area contributed by atoms with Gasteiger partial charge in [-0.15, -0.1) is 0 Å². The van der Waals surface area contributed by atoms with Gasteiger partial charge in [0.2, 0.25) is 6.29 Å². The summed E-state index contributed by atoms with van der Waals surface area (Å²) in [5, 5.41) is 9.53. The van der Waals surface area contributed by atoms with E-state index in [0.717, 1.165) is 0 Å². The van der Waals surface area contributed by atoms with Crippen molar-refractivity contribution in [1.82, 2.24) is 5.06 Å². The molecule has 1 aromatic rings. The largest absolute Gasteiger partial charge is 0.461 e. The monoisotopic (exact) mass is 258 g/mol. The summed E-state index contributed by atoms with van der Waals surface area (Å²) in [7, 11) is 1.52. The van der Waals surface area contributed by atoms with Gasteiger partial charge in [0, 0.05) is 20.1 Å². The van der Waals surface area contributed by atoms with Crippen LogP contribution in [0.5, 0.6) is 0 Å². The van der Waals surface area contributed by atoms with Crippen LogP contribution < -0.4 is 5.73 Å². The molecule has 0 aliphatic heterocycles. The third-order valence-corrected chi connectivity index (χ3v) is 2.27. The van der Waals surface area contributed by atoms with Gasteiger partial charge in [-0.2, -0.15) is 0 Å². The van der Waals surface area contributed by atoms with Crippen molar-refractivity contribution in [3.8, 4) is 0 Å². The van der Waals surface area contributed by atoms with Crippen molar-refractivity contribution in [2.75, 3.05) is 20.3 Å². The van der Waals surface area contributed by atoms with E-state index in [-0.39, 0.29) is 6.54 Å². The fraction of sp³-hybridized carbons (Fsp3) is 0.545. The highest BCUT2D eigenvalue weighted by atomic mass is 16.7. The SMILES string of the molecule is CCOC(OC)c1ccc(CCN(O)C(N)=O)o1. The van der Waals surface area contributed by atoms with Crippen LogP contribution in [0.15, 0.2) is 16.5 Å². The van der Waals surface area contributed by atoms with E-state index >= 15 is 0 Å². The van der Waals surface area contributed by atoms with Crippen molar-refractivity contribution in [1.29, 1.82) is 0 Å². The maximum Gasteiger partial charge on any atom is 0.338 e. The normalized spacial score (nSPS) is 12.4. The first-order valence-corrected chi connectivity index (χ1v) is 5.57. The van der Waals surface area contributed by atoms with E-state index in [1.807, 2.05) is 6.92 Å². The van der Waals surface area contributed by atoms with Gasteiger partial charge in [-0.25, -0.2) is 9.86 Å². The zero-order chi connectivity index (χ0) is 13.5. The summed E-state index contributed by atoms with van der Waals surface area (Å²) >= 11 is 0. The van der Waals surface area contributed by atoms with E-state index in [0.29, 0.717) is 29.6 Å². The summed E-state index contributed by atoms with van der Waals surface area (Å²) in [6.07, 6.45) is -0.202. The molecule has 3 N–H and O–H groups in total. The lowest BCUT2D eigenvalue weighted by Gasteiger charge is -2.12. The molecule has 2 amide bonds. The Morgan fingerprint density at radius 1 is 1.61 bits per heavy atom. The maximum atomic E-state index is 10.6. The number of urea groups is 1. The molecule has 1 atom stereocenters. The van der Waals surface area contributed by atoms with E-state index < -0.39 is 12.3 Å². The first-order chi connectivity index (χ1) is 8.58. The second kappa shape index (κ2) is 7.00. The van der Waals surface area contributed by atoms with Crippen LogP contribution in [0.2, 0.25) is 0 Å². The Bertz CT molecular complexity index is 379. The lowest BCUT2D eigenvalue weighted by molar-refractivity contribution is -0.135. The number of hydroxylamine groups is 2. The Labute approximate surface area is 105 Å². The second-order valence-corrected chi connectivity index (χ2v) is 3.54. The number of amides is 2. The number of furan rings is 1. The molecule has 0 bridgehead atoms. The molecule has 1 unspecified atom stereocenters. The molecule has 1 heterocycles. The number of primary amides is 1. The standard InChI is InChI=1S/C11H18N2O5/c1-3-17-10(16-2)9-5-4-8(18-9)6-7-13(15)11(12)14/h4-5,10,15H,3,6-7H2,1-2H3,(H2,12,14). The van der Waals surface area contributed by atoms with Gasteiger partial charge >= 0.3 is 6.03 Å². The van der Waals surface area contributed by atoms with Crippen LogP contribution in [-0.4, -0.2) is 36.6 Å². The second-order valence-electron chi connectivity index (χ2n) is 3.54. The van der Waals surface area contributed by atoms with Crippen molar-refractivity contribution in [3.05, 3.63) is 23.7 Å². The van der Waals surface area contributed by atoms with Gasteiger partial charge in [0.05, 0.1) is 6.54 Å². The molecule has 0 radical (unpaired) electrons. The molecule has 7 heteroatoms. The molecule has 0 aromatic carbocycles. The number of nitrogens with zero attached hydrogens (tertiary/aromatic N) is 1. The first-order valence-electron chi connectivity index (χ1n) is 5.57. The Morgan fingerprint density at radius 2 is 2.33 bits per heavy atom. The summed E-state index contributed by atoms with van der Waals surface area (Å²) in [6.45, 7) is 2.42. The maximum absolute atomic E-state index is 10.6. The molecule has 0 fully saturated rings. The molecule has 18 heavy (non-hydrogen) atoms. The summed E-state index contributed by atoms with van der Waals surface area (Å²) in [5.74, 6) is 1.14. The number of rotatable bonds is 7. The molecule has 0 spiro atoms. The van der Waals surface area contributed by atoms with Crippen molar-refractivity contribution >= 4 is 6.03 Å². The molecule has 0 saturated carbocycles. The number of carbonyl (C=O) groups is 1. The van der Waals surface area contributed by atoms with E-state index in [1.165, 1.54) is 7.11 Å². The van der Waals surface area contributed by atoms with E-state index in [9.17, 15) is 4.79 Å². The van der Waals surface area contributed by atoms with Gasteiger partial charge in [0.25, 0.3) is 0 Å². The highest BCUT2D eigenvalue weighted by molar-refractivity contribution is 5.70. The minimum absolute atomic E-state index is 0.0641. The topological polar surface area (TPSA) is 98.2 Å². The summed E-state index contributed by atoms with van der Waals surface area (Å²) in [6, 6.07) is 2.56. The van der Waals surface area contributed by atoms with Crippen LogP contribution in [-0.2, 0) is 15.9 Å². The number of hydrogen-bond donors (Lipinski definition) is 2. The molecular formula is C11H18N2O5. The molecule has 1 rings (SSSR count). The van der Waals surface area contributed by atoms with Gasteiger partial charge in [-0.05, 0) is 19.1 Å². The quantitative estimate of drug-likeness (QED) is 0.436. The number of carbonyl (C=O) groups excluding carboxylic acids is 1. The van der Waals surface area contributed by atoms with Crippen LogP contribution in [0.25, 0.3) is 0 Å². The van der Waals surface area contributed by atoms with Crippen LogP contribution in [0.1, 0.15) is 24.7 Å². The van der Waals surface area contributed by atoms with Crippen LogP contribution in [0, 0.1) is 0 Å². The molecule has 102 valence electrons. The Kier molecular flexibility index (Phi) is 5.63. The van der Waals surface area contributed by atoms with Crippen molar-refractivity contribution in [3.63, 3.8) is 0 Å². The number of hydrogen-bond acceptors (Lipinski definition) is 5. The van der Waals surface area contributed by atoms with E-state index in [4.69, 9.17) is 24.8 Å². The third-order valence-electron chi connectivity index (χ3n) is 2.27. The van der Waals surface area contributed by atoms with Gasteiger partial charge < -0.3 is 19.6 Å². The highest BCUT2D eigenvalue weighted by Crippen LogP contribution is 2.21. The molecule has 0 aliphatic rings. The average Bonchev–Trinajstić information content (AvgIpc) is 2.81. The lowest BCUT2D eigenvalue weighted by atomic mass is 10.3. The zero-order valence-corrected chi connectivity index (χ0v) is 10.5. The van der Waals surface area contributed by atoms with Gasteiger partial charge in [-0.1, -0.05) is 0 Å². The highest BCUT2D eigenvalue weighted by Gasteiger charge is 2.15. The minimum atomic E-state index is -0.897.